The number of anilines is 6. The van der Waals surface area contributed by atoms with Gasteiger partial charge in [0, 0.05) is 95.0 Å². The first-order valence-corrected chi connectivity index (χ1v) is 35.6. The van der Waals surface area contributed by atoms with Crippen molar-refractivity contribution in [1.29, 1.82) is 0 Å². The van der Waals surface area contributed by atoms with Gasteiger partial charge in [-0.25, -0.2) is 39.9 Å². The van der Waals surface area contributed by atoms with E-state index in [2.05, 4.69) is 263 Å². The van der Waals surface area contributed by atoms with Gasteiger partial charge in [-0.15, -0.1) is 0 Å². The molecule has 0 bridgehead atoms. The predicted octanol–water partition coefficient (Wildman–Crippen LogP) is 20.7. The molecular formula is C94H60BN11. The molecule has 0 fully saturated rings. The van der Waals surface area contributed by atoms with Crippen LogP contribution in [0.25, 0.3) is 141 Å². The number of hydrogen-bond acceptors (Lipinski definition) is 10. The summed E-state index contributed by atoms with van der Waals surface area (Å²) in [6.07, 6.45) is 0. The normalized spacial score (nSPS) is 12.1. The average molecular weight is 1350 g/mol. The van der Waals surface area contributed by atoms with Crippen LogP contribution in [0.4, 0.5) is 34.1 Å². The number of aromatic nitrogens is 9. The van der Waals surface area contributed by atoms with E-state index in [1.54, 1.807) is 0 Å². The number of hydrogen-bond donors (Lipinski definition) is 0. The Morgan fingerprint density at radius 2 is 0.594 bits per heavy atom. The molecule has 4 aromatic heterocycles. The highest BCUT2D eigenvalue weighted by Crippen LogP contribution is 2.46. The summed E-state index contributed by atoms with van der Waals surface area (Å²) in [4.78, 5) is 47.4. The minimum atomic E-state index is 0.0481. The maximum atomic E-state index is 5.63. The number of fused-ring (bicyclic) bond motifs is 7. The SMILES string of the molecule is c1ccc(-c2cc(-c3ccc(-n4c5ccccc5c5cc(-c6nc(-c7ccccc7)nc(-c7ccccc7)n6)ccc54)c(-c4nc(-c5ccccc5)nc(-c5cccc(-c6ccc(N7c8ccccc8B8c9ccccc9N(c9ccccc9)c9cccc7c98)cc6)c5)n4)c3)nc(-c3ccccc3)n2)cc1. The fourth-order valence-electron chi connectivity index (χ4n) is 15.4. The molecule has 0 amide bonds. The lowest BCUT2D eigenvalue weighted by Crippen LogP contribution is -2.61. The topological polar surface area (TPSA) is 115 Å². The molecule has 0 spiro atoms. The standard InChI is InChI=1S/C94H60BN11/c1-7-27-62(28-8-1)78-60-79(97-88(96-78)63-29-9-2-10-30-63)68-51-55-82(106-80-44-22-19-41-73(80)74-59-70(52-56-81(74)106)93-99-89(64-31-11-3-12-32-64)98-90(100-93)65-33-13-4-14-34-65)75(58-68)94-102-91(66-35-15-5-16-36-66)101-92(103-94)69-38-25-37-67(57-69)61-49-53-72(54-50-61)105-84-46-24-21-43-77(84)95-76-42-20-23-45-83(76)104(71-39-17-6-18-40-71)85-47-26-48-86(105)87(85)95/h1-60H. The van der Waals surface area contributed by atoms with Crippen molar-refractivity contribution in [2.24, 2.45) is 0 Å². The van der Waals surface area contributed by atoms with Gasteiger partial charge in [0.15, 0.2) is 40.8 Å². The van der Waals surface area contributed by atoms with Gasteiger partial charge in [0.05, 0.1) is 28.1 Å². The second kappa shape index (κ2) is 25.9. The maximum Gasteiger partial charge on any atom is 0.252 e. The van der Waals surface area contributed by atoms with Crippen LogP contribution in [0, 0.1) is 0 Å². The lowest BCUT2D eigenvalue weighted by Gasteiger charge is -2.44. The van der Waals surface area contributed by atoms with Crippen molar-refractivity contribution in [3.05, 3.63) is 364 Å². The van der Waals surface area contributed by atoms with Crippen LogP contribution in [-0.4, -0.2) is 51.2 Å². The molecule has 20 rings (SSSR count). The minimum Gasteiger partial charge on any atom is -0.311 e. The first-order chi connectivity index (χ1) is 52.5. The molecular weight excluding hydrogens is 1290 g/mol. The van der Waals surface area contributed by atoms with Crippen LogP contribution in [0.3, 0.4) is 0 Å². The molecule has 0 atom stereocenters. The lowest BCUT2D eigenvalue weighted by molar-refractivity contribution is 1.06. The van der Waals surface area contributed by atoms with Gasteiger partial charge in [0.25, 0.3) is 6.71 Å². The predicted molar refractivity (Wildman–Crippen MR) is 432 cm³/mol. The average Bonchev–Trinajstić information content (AvgIpc) is 0.843. The molecule has 14 aromatic carbocycles. The molecule has 106 heavy (non-hydrogen) atoms. The summed E-state index contributed by atoms with van der Waals surface area (Å²) >= 11 is 0. The summed E-state index contributed by atoms with van der Waals surface area (Å²) in [5.74, 6) is 3.90. The zero-order valence-electron chi connectivity index (χ0n) is 57.1. The van der Waals surface area contributed by atoms with Crippen LogP contribution in [0.5, 0.6) is 0 Å². The van der Waals surface area contributed by atoms with Crippen molar-refractivity contribution < 1.29 is 0 Å². The maximum absolute atomic E-state index is 5.63. The first kappa shape index (κ1) is 61.5. The van der Waals surface area contributed by atoms with Crippen molar-refractivity contribution >= 4 is 79.0 Å². The van der Waals surface area contributed by atoms with Crippen molar-refractivity contribution in [2.45, 2.75) is 0 Å². The van der Waals surface area contributed by atoms with Gasteiger partial charge in [-0.05, 0) is 125 Å². The summed E-state index contributed by atoms with van der Waals surface area (Å²) in [6, 6.07) is 127. The van der Waals surface area contributed by atoms with E-state index in [9.17, 15) is 0 Å². The van der Waals surface area contributed by atoms with Gasteiger partial charge < -0.3 is 14.4 Å². The lowest BCUT2D eigenvalue weighted by atomic mass is 9.33. The van der Waals surface area contributed by atoms with Gasteiger partial charge in [-0.3, -0.25) is 0 Å². The molecule has 6 heterocycles. The highest BCUT2D eigenvalue weighted by atomic mass is 15.2. The van der Waals surface area contributed by atoms with E-state index in [1.807, 2.05) is 115 Å². The summed E-state index contributed by atoms with van der Waals surface area (Å²) in [5, 5.41) is 2.06. The Morgan fingerprint density at radius 1 is 0.208 bits per heavy atom. The molecule has 11 nitrogen and oxygen atoms in total. The highest BCUT2D eigenvalue weighted by Gasteiger charge is 2.43. The van der Waals surface area contributed by atoms with Gasteiger partial charge in [0.1, 0.15) is 0 Å². The molecule has 12 heteroatoms. The second-order valence-corrected chi connectivity index (χ2v) is 26.6. The largest absolute Gasteiger partial charge is 0.311 e. The molecule has 2 aliphatic heterocycles. The van der Waals surface area contributed by atoms with Crippen LogP contribution in [-0.2, 0) is 0 Å². The second-order valence-electron chi connectivity index (χ2n) is 26.6. The fourth-order valence-corrected chi connectivity index (χ4v) is 15.4. The fraction of sp³-hybridized carbons (Fsp3) is 0. The molecule has 0 N–H and O–H groups in total. The summed E-state index contributed by atoms with van der Waals surface area (Å²) in [5.41, 5.74) is 25.0. The first-order valence-electron chi connectivity index (χ1n) is 35.6. The van der Waals surface area contributed by atoms with Crippen molar-refractivity contribution in [1.82, 2.24) is 44.4 Å². The number of rotatable bonds is 13. The van der Waals surface area contributed by atoms with E-state index >= 15 is 0 Å². The van der Waals surface area contributed by atoms with E-state index in [1.165, 1.54) is 27.8 Å². The Bertz CT molecular complexity index is 6290. The van der Waals surface area contributed by atoms with Crippen molar-refractivity contribution in [2.75, 3.05) is 9.80 Å². The summed E-state index contributed by atoms with van der Waals surface area (Å²) < 4.78 is 2.33. The summed E-state index contributed by atoms with van der Waals surface area (Å²) in [6.45, 7) is 0.0481. The summed E-state index contributed by atoms with van der Waals surface area (Å²) in [7, 11) is 0. The molecule has 494 valence electrons. The Kier molecular flexibility index (Phi) is 15.0. The number of benzene rings is 14. The van der Waals surface area contributed by atoms with Gasteiger partial charge in [0.2, 0.25) is 0 Å². The van der Waals surface area contributed by atoms with E-state index in [-0.39, 0.29) is 6.71 Å². The quantitative estimate of drug-likeness (QED) is 0.103. The Balaban J connectivity index is 0.741. The zero-order chi connectivity index (χ0) is 70.0. The van der Waals surface area contributed by atoms with Crippen LogP contribution in [0.2, 0.25) is 0 Å². The molecule has 0 saturated carbocycles. The van der Waals surface area contributed by atoms with Gasteiger partial charge in [-0.2, -0.15) is 0 Å². The van der Waals surface area contributed by atoms with Crippen molar-refractivity contribution in [3.8, 4) is 119 Å². The Morgan fingerprint density at radius 3 is 1.16 bits per heavy atom. The monoisotopic (exact) mass is 1350 g/mol. The zero-order valence-corrected chi connectivity index (χ0v) is 57.1. The van der Waals surface area contributed by atoms with Crippen LogP contribution < -0.4 is 26.2 Å². The third-order valence-corrected chi connectivity index (χ3v) is 20.3. The van der Waals surface area contributed by atoms with E-state index in [4.69, 9.17) is 39.9 Å². The van der Waals surface area contributed by atoms with Crippen LogP contribution in [0.1, 0.15) is 0 Å². The Labute approximate surface area is 612 Å². The highest BCUT2D eigenvalue weighted by molar-refractivity contribution is 7.00. The smallest absolute Gasteiger partial charge is 0.252 e. The molecule has 0 aliphatic carbocycles. The third-order valence-electron chi connectivity index (χ3n) is 20.3. The van der Waals surface area contributed by atoms with Crippen molar-refractivity contribution in [3.63, 3.8) is 0 Å². The van der Waals surface area contributed by atoms with E-state index < -0.39 is 0 Å². The van der Waals surface area contributed by atoms with Gasteiger partial charge >= 0.3 is 0 Å². The number of nitrogens with zero attached hydrogens (tertiary/aromatic N) is 11. The molecule has 0 saturated heterocycles. The van der Waals surface area contributed by atoms with E-state index in [0.29, 0.717) is 40.8 Å². The number of para-hydroxylation sites is 4. The molecule has 0 radical (unpaired) electrons. The molecule has 0 unspecified atom stereocenters. The van der Waals surface area contributed by atoms with E-state index in [0.717, 1.165) is 123 Å². The molecule has 2 aliphatic rings. The van der Waals surface area contributed by atoms with Crippen LogP contribution in [0.15, 0.2) is 364 Å². The molecule has 18 aromatic rings. The van der Waals surface area contributed by atoms with Gasteiger partial charge in [-0.1, -0.05) is 267 Å². The minimum absolute atomic E-state index is 0.0481. The Hall–Kier alpha value is -14.4. The van der Waals surface area contributed by atoms with Crippen LogP contribution >= 0.6 is 0 Å². The third kappa shape index (κ3) is 10.9.